The molecule has 0 fully saturated rings. The van der Waals surface area contributed by atoms with Crippen LogP contribution in [-0.4, -0.2) is 29.9 Å². The zero-order chi connectivity index (χ0) is 88.0. The molecular weight excluding hydrogens is 1510 g/mol. The minimum absolute atomic E-state index is 0.471. The fraction of sp³-hybridized carbons (Fsp3) is 0.248. The molecule has 0 unspecified atom stereocenters. The number of para-hydroxylation sites is 3. The zero-order valence-corrected chi connectivity index (χ0v) is 76.6. The van der Waals surface area contributed by atoms with E-state index in [4.69, 9.17) is 9.97 Å². The second kappa shape index (κ2) is 40.2. The van der Waals surface area contributed by atoms with Crippen molar-refractivity contribution in [3.63, 3.8) is 0 Å². The van der Waals surface area contributed by atoms with Crippen molar-refractivity contribution >= 4 is 65.4 Å². The highest BCUT2D eigenvalue weighted by Crippen LogP contribution is 2.36. The fourth-order valence-corrected chi connectivity index (χ4v) is 16.8. The first kappa shape index (κ1) is 88.5. The topological polar surface area (TPSA) is 96.7 Å². The van der Waals surface area contributed by atoms with E-state index in [1.807, 2.05) is 62.0 Å². The Hall–Kier alpha value is -13.3. The van der Waals surface area contributed by atoms with E-state index < -0.39 is 0 Å². The first-order chi connectivity index (χ1) is 59.7. The fourth-order valence-electron chi connectivity index (χ4n) is 16.8. The summed E-state index contributed by atoms with van der Waals surface area (Å²) in [5.74, 6) is 2.80. The summed E-state index contributed by atoms with van der Waals surface area (Å²) in [6.07, 6.45) is 11.8. The maximum absolute atomic E-state index is 4.74. The molecule has 0 atom stereocenters. The second-order valence-corrected chi connectivity index (χ2v) is 34.9. The first-order valence-electron chi connectivity index (χ1n) is 43.8. The lowest BCUT2D eigenvalue weighted by molar-refractivity contribution is -0.662. The van der Waals surface area contributed by atoms with Crippen LogP contribution in [0.3, 0.4) is 0 Å². The van der Waals surface area contributed by atoms with Crippen molar-refractivity contribution in [3.8, 4) is 67.5 Å². The standard InChI is InChI=1S/2C20H23N2.3C19H21N2.C16H13N/c1-14(2)12-16-9-7-11-18-19(16)21-13-22(4)20(18)17-10-6-5-8-15(17)3;1-14(2)11-16-9-10-18-19(12-16)21-13-22(4)20(18)17-8-6-5-7-15(17)3;1-13(2)15-10-7-11-17-18(15)20-12-21(4)19(17)16-9-6-5-8-14(16)3;1-13(2)15-9-10-18-17(11-15)19(21(4)12-20-18)16-8-6-5-7-14(16)3;1-13(2)15-9-10-17-18(11-15)20-12-21(4)19(17)16-8-6-5-7-14(16)3;1-12-11-14-9-5-6-10-15(14)17-16(12)13-7-3-2-4-8-13/h5-11,13-14H,12H2,1-4H3;5-10,12-14H,11H2,1-4H3;3*5-13H,1-4H3;2-11H,1H3/q5*+1;. The van der Waals surface area contributed by atoms with Crippen LogP contribution in [0.2, 0.25) is 0 Å². The van der Waals surface area contributed by atoms with Gasteiger partial charge in [-0.25, -0.2) is 27.8 Å². The van der Waals surface area contributed by atoms with E-state index in [0.29, 0.717) is 29.6 Å². The molecule has 0 aliphatic heterocycles. The Morgan fingerprint density at radius 3 is 1.13 bits per heavy atom. The second-order valence-electron chi connectivity index (χ2n) is 34.9. The summed E-state index contributed by atoms with van der Waals surface area (Å²) in [7, 11) is 10.3. The maximum atomic E-state index is 4.74. The molecule has 12 aromatic carbocycles. The molecule has 624 valence electrons. The molecule has 0 bridgehead atoms. The van der Waals surface area contributed by atoms with E-state index in [-0.39, 0.29) is 0 Å². The Balaban J connectivity index is 0.000000128. The molecule has 0 aliphatic rings. The third-order valence-corrected chi connectivity index (χ3v) is 23.4. The van der Waals surface area contributed by atoms with Crippen molar-refractivity contribution < 1.29 is 22.8 Å². The predicted molar refractivity (Wildman–Crippen MR) is 517 cm³/mol. The van der Waals surface area contributed by atoms with Gasteiger partial charge < -0.3 is 0 Å². The average Bonchev–Trinajstić information content (AvgIpc) is 0.842. The number of pyridine rings is 1. The molecule has 0 saturated heterocycles. The summed E-state index contributed by atoms with van der Waals surface area (Å²) in [6, 6.07) is 96.4. The first-order valence-corrected chi connectivity index (χ1v) is 43.8. The summed E-state index contributed by atoms with van der Waals surface area (Å²) < 4.78 is 10.6. The van der Waals surface area contributed by atoms with Gasteiger partial charge in [-0.2, -0.15) is 0 Å². The van der Waals surface area contributed by atoms with E-state index >= 15 is 0 Å². The van der Waals surface area contributed by atoms with Gasteiger partial charge in [-0.3, -0.25) is 0 Å². The molecule has 11 heteroatoms. The number of nitrogens with zero attached hydrogens (tertiary/aromatic N) is 11. The van der Waals surface area contributed by atoms with Crippen molar-refractivity contribution in [1.82, 2.24) is 29.9 Å². The highest BCUT2D eigenvalue weighted by Gasteiger charge is 2.25. The van der Waals surface area contributed by atoms with E-state index in [2.05, 4.69) is 431 Å². The van der Waals surface area contributed by atoms with Gasteiger partial charge in [0, 0.05) is 49.9 Å². The van der Waals surface area contributed by atoms with Crippen molar-refractivity contribution in [2.24, 2.45) is 47.1 Å². The number of hydrogen-bond acceptors (Lipinski definition) is 6. The van der Waals surface area contributed by atoms with E-state index in [1.165, 1.54) is 155 Å². The minimum Gasteiger partial charge on any atom is -0.248 e. The normalized spacial score (nSPS) is 11.2. The molecule has 0 saturated carbocycles. The molecule has 0 radical (unpaired) electrons. The van der Waals surface area contributed by atoms with E-state index in [1.54, 1.807) is 0 Å². The van der Waals surface area contributed by atoms with Crippen LogP contribution in [-0.2, 0) is 48.1 Å². The minimum atomic E-state index is 0.471. The highest BCUT2D eigenvalue weighted by molar-refractivity contribution is 5.97. The van der Waals surface area contributed by atoms with Crippen LogP contribution in [0, 0.1) is 53.4 Å². The number of benzene rings is 12. The monoisotopic (exact) mass is 1630 g/mol. The molecule has 0 spiro atoms. The van der Waals surface area contributed by atoms with Crippen LogP contribution in [0.25, 0.3) is 133 Å². The molecule has 18 rings (SSSR count). The number of rotatable bonds is 13. The van der Waals surface area contributed by atoms with Gasteiger partial charge in [-0.15, -0.1) is 0 Å². The van der Waals surface area contributed by atoms with Crippen LogP contribution in [0.15, 0.2) is 305 Å². The molecule has 6 aromatic heterocycles. The summed E-state index contributed by atoms with van der Waals surface area (Å²) in [5.41, 5.74) is 35.6. The lowest BCUT2D eigenvalue weighted by Crippen LogP contribution is -2.32. The van der Waals surface area contributed by atoms with Crippen molar-refractivity contribution in [3.05, 3.63) is 366 Å². The number of aryl methyl sites for hydroxylation is 11. The molecule has 6 heterocycles. The smallest absolute Gasteiger partial charge is 0.248 e. The van der Waals surface area contributed by atoms with Crippen LogP contribution in [0.1, 0.15) is 148 Å². The van der Waals surface area contributed by atoms with Crippen LogP contribution < -0.4 is 22.8 Å². The van der Waals surface area contributed by atoms with Crippen LogP contribution in [0.5, 0.6) is 0 Å². The Morgan fingerprint density at radius 2 is 0.653 bits per heavy atom. The van der Waals surface area contributed by atoms with Gasteiger partial charge >= 0.3 is 0 Å². The number of fused-ring (bicyclic) bond motifs is 6. The Labute approximate surface area is 735 Å². The largest absolute Gasteiger partial charge is 0.287 e. The van der Waals surface area contributed by atoms with Gasteiger partial charge in [0.1, 0.15) is 28.5 Å². The summed E-state index contributed by atoms with van der Waals surface area (Å²) in [5, 5.41) is 7.30. The van der Waals surface area contributed by atoms with Gasteiger partial charge in [-0.1, -0.05) is 282 Å². The third-order valence-electron chi connectivity index (χ3n) is 23.4. The Bertz CT molecular complexity index is 6760. The Morgan fingerprint density at radius 1 is 0.266 bits per heavy atom. The van der Waals surface area contributed by atoms with Crippen LogP contribution >= 0.6 is 0 Å². The van der Waals surface area contributed by atoms with E-state index in [0.717, 1.165) is 51.6 Å². The lowest BCUT2D eigenvalue weighted by atomic mass is 9.96. The van der Waals surface area contributed by atoms with Gasteiger partial charge in [0.05, 0.1) is 73.4 Å². The van der Waals surface area contributed by atoms with Gasteiger partial charge in [0.2, 0.25) is 0 Å². The number of aromatic nitrogens is 11. The zero-order valence-electron chi connectivity index (χ0n) is 76.6. The SMILES string of the molecule is Cc1cc2ccccc2nc1-c1ccccc1.Cc1ccccc1-c1c2cc(C(C)C)ccc2nc[n+]1C.Cc1ccccc1-c1c2ccc(C(C)C)cc2nc[n+]1C.Cc1ccccc1-c1c2ccc(CC(C)C)cc2nc[n+]1C.Cc1ccccc1-c1c2cccc(C(C)C)c2nc[n+]1C.Cc1ccccc1-c1c2cccc(CC(C)C)c2nc[n+]1C. The van der Waals surface area contributed by atoms with Crippen molar-refractivity contribution in [2.45, 2.75) is 141 Å². The molecule has 0 amide bonds. The average molecular weight is 1630 g/mol. The van der Waals surface area contributed by atoms with Crippen molar-refractivity contribution in [1.29, 1.82) is 0 Å². The molecule has 0 N–H and O–H groups in total. The summed E-state index contributed by atoms with van der Waals surface area (Å²) >= 11 is 0. The molecule has 11 nitrogen and oxygen atoms in total. The quantitative estimate of drug-likeness (QED) is 0.107. The highest BCUT2D eigenvalue weighted by atomic mass is 15.0. The van der Waals surface area contributed by atoms with Gasteiger partial charge in [0.25, 0.3) is 31.6 Å². The number of hydrogen-bond donors (Lipinski definition) is 0. The molecule has 0 aliphatic carbocycles. The summed E-state index contributed by atoms with van der Waals surface area (Å²) in [6.45, 7) is 35.3. The van der Waals surface area contributed by atoms with Gasteiger partial charge in [0.15, 0.2) is 27.6 Å². The Kier molecular flexibility index (Phi) is 28.7. The lowest BCUT2D eigenvalue weighted by Gasteiger charge is -2.11. The molecule has 124 heavy (non-hydrogen) atoms. The summed E-state index contributed by atoms with van der Waals surface area (Å²) in [4.78, 5) is 27.9. The third kappa shape index (κ3) is 20.4. The maximum Gasteiger partial charge on any atom is 0.287 e. The molecule has 18 aromatic rings. The van der Waals surface area contributed by atoms with Gasteiger partial charge in [-0.05, 0) is 220 Å². The van der Waals surface area contributed by atoms with E-state index in [9.17, 15) is 0 Å². The van der Waals surface area contributed by atoms with Crippen LogP contribution in [0.4, 0.5) is 0 Å². The molecular formula is C113H122N11+5. The van der Waals surface area contributed by atoms with Crippen molar-refractivity contribution in [2.75, 3.05) is 0 Å². The predicted octanol–water partition coefficient (Wildman–Crippen LogP) is 25.2.